The molecule has 38 heavy (non-hydrogen) atoms. The molecule has 10 heteroatoms. The minimum Gasteiger partial charge on any atom is -0.381 e. The molecule has 2 aromatic carbocycles. The Hall–Kier alpha value is -3.76. The number of amides is 1. The zero-order valence-corrected chi connectivity index (χ0v) is 22.5. The molecule has 9 nitrogen and oxygen atoms in total. The van der Waals surface area contributed by atoms with Gasteiger partial charge in [-0.3, -0.25) is 14.2 Å². The molecular weight excluding hydrogens is 546 g/mol. The Bertz CT molecular complexity index is 1570. The minimum atomic E-state index is -0.572. The standard InChI is InChI=1S/C28H28BrN7O2/c1-35-12-4-6-21(16-35)31-19-8-10-20(11-9-19)32-28-30-15-18-13-23(29)27(38)36(25(18)34-28)24-14-17-5-2-3-7-22(17)26(37)33-24/h2-3,5,7-11,13,15,21,24,31H,4,6,12,14,16H2,1H3,(H,33,37)(H,30,32,34). The number of nitrogens with zero attached hydrogens (tertiary/aromatic N) is 4. The largest absolute Gasteiger partial charge is 0.381 e. The topological polar surface area (TPSA) is 104 Å². The molecule has 0 aliphatic carbocycles. The number of hydrogen-bond acceptors (Lipinski definition) is 7. The third-order valence-corrected chi connectivity index (χ3v) is 7.72. The van der Waals surface area contributed by atoms with Crippen LogP contribution >= 0.6 is 15.9 Å². The fraction of sp³-hybridized carbons (Fsp3) is 0.286. The molecule has 0 radical (unpaired) electrons. The molecule has 1 fully saturated rings. The maximum absolute atomic E-state index is 13.3. The molecule has 2 atom stereocenters. The van der Waals surface area contributed by atoms with Crippen molar-refractivity contribution in [1.29, 1.82) is 0 Å². The highest BCUT2D eigenvalue weighted by Crippen LogP contribution is 2.26. The molecular formula is C28H28BrN7O2. The monoisotopic (exact) mass is 573 g/mol. The van der Waals surface area contributed by atoms with Crippen LogP contribution in [0.15, 0.2) is 70.1 Å². The van der Waals surface area contributed by atoms with Gasteiger partial charge in [0.25, 0.3) is 11.5 Å². The second-order valence-corrected chi connectivity index (χ2v) is 10.8. The SMILES string of the molecule is CN1CCCC(Nc2ccc(Nc3ncc4cc(Br)c(=O)n(C5Cc6ccccc6C(=O)N5)c4n3)cc2)C1. The van der Waals surface area contributed by atoms with Gasteiger partial charge in [0.2, 0.25) is 5.95 Å². The molecule has 2 unspecified atom stereocenters. The van der Waals surface area contributed by atoms with Crippen LogP contribution in [0, 0.1) is 0 Å². The summed E-state index contributed by atoms with van der Waals surface area (Å²) in [6.07, 6.45) is 3.95. The Morgan fingerprint density at radius 3 is 2.68 bits per heavy atom. The summed E-state index contributed by atoms with van der Waals surface area (Å²) in [6.45, 7) is 2.19. The summed E-state index contributed by atoms with van der Waals surface area (Å²) in [5, 5.41) is 10.5. The maximum Gasteiger partial charge on any atom is 0.268 e. The molecule has 0 saturated carbocycles. The summed E-state index contributed by atoms with van der Waals surface area (Å²) in [7, 11) is 2.16. The Kier molecular flexibility index (Phi) is 6.59. The van der Waals surface area contributed by atoms with Crippen molar-refractivity contribution >= 4 is 50.2 Å². The fourth-order valence-corrected chi connectivity index (χ4v) is 5.74. The van der Waals surface area contributed by atoms with Gasteiger partial charge in [-0.15, -0.1) is 0 Å². The maximum atomic E-state index is 13.3. The lowest BCUT2D eigenvalue weighted by Crippen LogP contribution is -2.43. The third-order valence-electron chi connectivity index (χ3n) is 7.15. The summed E-state index contributed by atoms with van der Waals surface area (Å²) in [6, 6.07) is 17.6. The lowest BCUT2D eigenvalue weighted by molar-refractivity contribution is 0.0905. The highest BCUT2D eigenvalue weighted by molar-refractivity contribution is 9.10. The summed E-state index contributed by atoms with van der Waals surface area (Å²) >= 11 is 3.37. The van der Waals surface area contributed by atoms with Crippen LogP contribution in [-0.4, -0.2) is 51.5 Å². The number of hydrogen-bond donors (Lipinski definition) is 3. The van der Waals surface area contributed by atoms with Crippen molar-refractivity contribution in [2.45, 2.75) is 31.5 Å². The van der Waals surface area contributed by atoms with Gasteiger partial charge in [-0.25, -0.2) is 4.98 Å². The van der Waals surface area contributed by atoms with E-state index < -0.39 is 6.17 Å². The average Bonchev–Trinajstić information content (AvgIpc) is 2.91. The summed E-state index contributed by atoms with van der Waals surface area (Å²) < 4.78 is 1.92. The first-order valence-electron chi connectivity index (χ1n) is 12.7. The van der Waals surface area contributed by atoms with E-state index in [4.69, 9.17) is 4.98 Å². The van der Waals surface area contributed by atoms with E-state index >= 15 is 0 Å². The normalized spacial score (nSPS) is 19.6. The minimum absolute atomic E-state index is 0.210. The second-order valence-electron chi connectivity index (χ2n) is 9.94. The van der Waals surface area contributed by atoms with Gasteiger partial charge < -0.3 is 20.9 Å². The number of rotatable bonds is 5. The molecule has 4 heterocycles. The summed E-state index contributed by atoms with van der Waals surface area (Å²) in [4.78, 5) is 37.6. The van der Waals surface area contributed by atoms with E-state index in [9.17, 15) is 9.59 Å². The van der Waals surface area contributed by atoms with E-state index in [2.05, 4.69) is 48.8 Å². The van der Waals surface area contributed by atoms with Crippen LogP contribution < -0.4 is 21.5 Å². The van der Waals surface area contributed by atoms with Crippen molar-refractivity contribution in [2.75, 3.05) is 30.8 Å². The van der Waals surface area contributed by atoms with Gasteiger partial charge >= 0.3 is 0 Å². The average molecular weight is 574 g/mol. The number of likely N-dealkylation sites (N-methyl/N-ethyl adjacent to an activating group) is 1. The lowest BCUT2D eigenvalue weighted by Gasteiger charge is -2.30. The van der Waals surface area contributed by atoms with Gasteiger partial charge in [0.05, 0.1) is 4.47 Å². The molecule has 0 spiro atoms. The van der Waals surface area contributed by atoms with Crippen molar-refractivity contribution in [2.24, 2.45) is 0 Å². The molecule has 1 amide bonds. The molecule has 4 aromatic rings. The summed E-state index contributed by atoms with van der Waals surface area (Å²) in [5.74, 6) is 0.156. The number of fused-ring (bicyclic) bond motifs is 2. The first kappa shape index (κ1) is 24.6. The van der Waals surface area contributed by atoms with Gasteiger partial charge in [0.15, 0.2) is 0 Å². The predicted octanol–water partition coefficient (Wildman–Crippen LogP) is 4.29. The Balaban J connectivity index is 1.27. The highest BCUT2D eigenvalue weighted by atomic mass is 79.9. The van der Waals surface area contributed by atoms with Gasteiger partial charge in [0, 0.05) is 47.5 Å². The first-order chi connectivity index (χ1) is 18.4. The van der Waals surface area contributed by atoms with E-state index in [0.717, 1.165) is 30.0 Å². The predicted molar refractivity (Wildman–Crippen MR) is 152 cm³/mol. The smallest absolute Gasteiger partial charge is 0.268 e. The molecule has 1 saturated heterocycles. The zero-order valence-electron chi connectivity index (χ0n) is 20.9. The van der Waals surface area contributed by atoms with E-state index in [-0.39, 0.29) is 11.5 Å². The van der Waals surface area contributed by atoms with Gasteiger partial charge in [-0.1, -0.05) is 18.2 Å². The molecule has 194 valence electrons. The zero-order chi connectivity index (χ0) is 26.2. The van der Waals surface area contributed by atoms with Crippen LogP contribution in [0.2, 0.25) is 0 Å². The quantitative estimate of drug-likeness (QED) is 0.327. The van der Waals surface area contributed by atoms with Crippen molar-refractivity contribution in [3.8, 4) is 0 Å². The number of likely N-dealkylation sites (tertiary alicyclic amines) is 1. The molecule has 6 rings (SSSR count). The third kappa shape index (κ3) is 4.89. The van der Waals surface area contributed by atoms with Crippen LogP contribution in [0.4, 0.5) is 17.3 Å². The number of pyridine rings is 1. The van der Waals surface area contributed by atoms with Gasteiger partial charge in [0.1, 0.15) is 11.8 Å². The molecule has 3 N–H and O–H groups in total. The van der Waals surface area contributed by atoms with Crippen LogP contribution in [0.25, 0.3) is 11.0 Å². The van der Waals surface area contributed by atoms with Crippen molar-refractivity contribution in [1.82, 2.24) is 24.8 Å². The van der Waals surface area contributed by atoms with Crippen LogP contribution in [0.3, 0.4) is 0 Å². The summed E-state index contributed by atoms with van der Waals surface area (Å²) in [5.41, 5.74) is 3.60. The lowest BCUT2D eigenvalue weighted by atomic mass is 9.98. The Labute approximate surface area is 228 Å². The van der Waals surface area contributed by atoms with Crippen LogP contribution in [0.5, 0.6) is 0 Å². The molecule has 0 bridgehead atoms. The molecule has 2 aromatic heterocycles. The number of benzene rings is 2. The Morgan fingerprint density at radius 2 is 1.87 bits per heavy atom. The number of nitrogens with one attached hydrogen (secondary N) is 3. The molecule has 2 aliphatic rings. The number of anilines is 3. The molecule has 2 aliphatic heterocycles. The first-order valence-corrected chi connectivity index (χ1v) is 13.5. The van der Waals surface area contributed by atoms with Crippen molar-refractivity contribution in [3.05, 3.63) is 86.7 Å². The van der Waals surface area contributed by atoms with Crippen molar-refractivity contribution in [3.63, 3.8) is 0 Å². The number of aromatic nitrogens is 3. The Morgan fingerprint density at radius 1 is 1.08 bits per heavy atom. The number of piperidine rings is 1. The van der Waals surface area contributed by atoms with E-state index in [1.807, 2.05) is 42.5 Å². The van der Waals surface area contributed by atoms with E-state index in [1.54, 1.807) is 18.3 Å². The van der Waals surface area contributed by atoms with Crippen LogP contribution in [0.1, 0.15) is 34.9 Å². The van der Waals surface area contributed by atoms with E-state index in [1.165, 1.54) is 17.4 Å². The van der Waals surface area contributed by atoms with Gasteiger partial charge in [-0.05, 0) is 84.3 Å². The number of carbonyl (C=O) groups is 1. The van der Waals surface area contributed by atoms with Gasteiger partial charge in [-0.2, -0.15) is 4.98 Å². The van der Waals surface area contributed by atoms with Crippen molar-refractivity contribution < 1.29 is 4.79 Å². The van der Waals surface area contributed by atoms with E-state index in [0.29, 0.717) is 39.5 Å². The fourth-order valence-electron chi connectivity index (χ4n) is 5.30. The number of halogens is 1. The second kappa shape index (κ2) is 10.2. The number of carbonyl (C=O) groups excluding carboxylic acids is 1. The highest BCUT2D eigenvalue weighted by Gasteiger charge is 2.28. The van der Waals surface area contributed by atoms with Crippen LogP contribution in [-0.2, 0) is 6.42 Å².